The maximum atomic E-state index is 11.6. The Morgan fingerprint density at radius 1 is 1.26 bits per heavy atom. The zero-order chi connectivity index (χ0) is 14.3. The molecule has 1 N–H and O–H groups in total. The molecule has 1 unspecified atom stereocenters. The molecule has 0 saturated carbocycles. The number of carboxylic acids is 1. The molecule has 0 aliphatic rings. The Hall–Kier alpha value is -1.84. The first kappa shape index (κ1) is 15.2. The largest absolute Gasteiger partial charge is 0.480 e. The van der Waals surface area contributed by atoms with E-state index in [1.54, 1.807) is 0 Å². The van der Waals surface area contributed by atoms with Gasteiger partial charge in [-0.1, -0.05) is 37.3 Å². The first-order valence-corrected chi connectivity index (χ1v) is 6.60. The Kier molecular flexibility index (Phi) is 6.06. The lowest BCUT2D eigenvalue weighted by Gasteiger charge is -2.27. The SMILES string of the molecule is CCCN(C(C)=O)C(CCc1ccccc1)C(=O)O. The highest BCUT2D eigenvalue weighted by molar-refractivity contribution is 5.82. The molecule has 0 heterocycles. The fraction of sp³-hybridized carbons (Fsp3) is 0.467. The van der Waals surface area contributed by atoms with Gasteiger partial charge in [0, 0.05) is 13.5 Å². The van der Waals surface area contributed by atoms with E-state index in [9.17, 15) is 14.7 Å². The van der Waals surface area contributed by atoms with E-state index < -0.39 is 12.0 Å². The summed E-state index contributed by atoms with van der Waals surface area (Å²) in [5.74, 6) is -1.11. The van der Waals surface area contributed by atoms with Crippen LogP contribution < -0.4 is 0 Å². The Bertz CT molecular complexity index is 417. The number of aryl methyl sites for hydroxylation is 1. The van der Waals surface area contributed by atoms with Crippen molar-refractivity contribution in [3.05, 3.63) is 35.9 Å². The second-order valence-electron chi connectivity index (χ2n) is 4.59. The third kappa shape index (κ3) is 4.73. The lowest BCUT2D eigenvalue weighted by atomic mass is 10.0. The number of nitrogens with zero attached hydrogens (tertiary/aromatic N) is 1. The molecule has 1 aromatic carbocycles. The number of carbonyl (C=O) groups is 2. The summed E-state index contributed by atoms with van der Waals surface area (Å²) in [6.45, 7) is 3.85. The fourth-order valence-electron chi connectivity index (χ4n) is 2.13. The number of aliphatic carboxylic acids is 1. The molecule has 4 heteroatoms. The van der Waals surface area contributed by atoms with Gasteiger partial charge in [-0.25, -0.2) is 4.79 Å². The normalized spacial score (nSPS) is 11.9. The van der Waals surface area contributed by atoms with Crippen LogP contribution in [0.1, 0.15) is 32.3 Å². The highest BCUT2D eigenvalue weighted by atomic mass is 16.4. The minimum absolute atomic E-state index is 0.178. The number of carboxylic acid groups (broad SMARTS) is 1. The third-order valence-corrected chi connectivity index (χ3v) is 3.08. The van der Waals surface area contributed by atoms with Crippen LogP contribution in [0, 0.1) is 0 Å². The van der Waals surface area contributed by atoms with Gasteiger partial charge in [0.1, 0.15) is 6.04 Å². The fourth-order valence-corrected chi connectivity index (χ4v) is 2.13. The van der Waals surface area contributed by atoms with Gasteiger partial charge < -0.3 is 10.0 Å². The predicted molar refractivity (Wildman–Crippen MR) is 73.9 cm³/mol. The van der Waals surface area contributed by atoms with E-state index in [0.29, 0.717) is 19.4 Å². The van der Waals surface area contributed by atoms with Crippen LogP contribution in [0.25, 0.3) is 0 Å². The summed E-state index contributed by atoms with van der Waals surface area (Å²) in [5, 5.41) is 9.30. The summed E-state index contributed by atoms with van der Waals surface area (Å²) in [6.07, 6.45) is 1.86. The summed E-state index contributed by atoms with van der Waals surface area (Å²) in [7, 11) is 0. The number of amides is 1. The van der Waals surface area contributed by atoms with Crippen LogP contribution in [0.4, 0.5) is 0 Å². The topological polar surface area (TPSA) is 57.6 Å². The molecule has 0 bridgehead atoms. The van der Waals surface area contributed by atoms with E-state index in [0.717, 1.165) is 12.0 Å². The zero-order valence-corrected chi connectivity index (χ0v) is 11.5. The van der Waals surface area contributed by atoms with E-state index in [1.165, 1.54) is 11.8 Å². The lowest BCUT2D eigenvalue weighted by Crippen LogP contribution is -2.44. The molecule has 0 aliphatic carbocycles. The molecular formula is C15H21NO3. The van der Waals surface area contributed by atoms with Crippen molar-refractivity contribution in [3.8, 4) is 0 Å². The van der Waals surface area contributed by atoms with E-state index in [4.69, 9.17) is 0 Å². The van der Waals surface area contributed by atoms with Crippen molar-refractivity contribution in [1.29, 1.82) is 0 Å². The number of hydrogen-bond donors (Lipinski definition) is 1. The number of carbonyl (C=O) groups excluding carboxylic acids is 1. The van der Waals surface area contributed by atoms with E-state index in [2.05, 4.69) is 0 Å². The zero-order valence-electron chi connectivity index (χ0n) is 11.5. The number of benzene rings is 1. The van der Waals surface area contributed by atoms with Crippen molar-refractivity contribution in [2.24, 2.45) is 0 Å². The third-order valence-electron chi connectivity index (χ3n) is 3.08. The van der Waals surface area contributed by atoms with Crippen molar-refractivity contribution in [2.75, 3.05) is 6.54 Å². The summed E-state index contributed by atoms with van der Waals surface area (Å²) in [4.78, 5) is 24.4. The van der Waals surface area contributed by atoms with E-state index in [-0.39, 0.29) is 5.91 Å². The molecule has 0 aliphatic heterocycles. The average molecular weight is 263 g/mol. The molecule has 4 nitrogen and oxygen atoms in total. The van der Waals surface area contributed by atoms with Crippen LogP contribution in [-0.2, 0) is 16.0 Å². The van der Waals surface area contributed by atoms with Crippen molar-refractivity contribution in [2.45, 2.75) is 39.2 Å². The summed E-state index contributed by atoms with van der Waals surface area (Å²) in [5.41, 5.74) is 1.09. The molecule has 0 saturated heterocycles. The quantitative estimate of drug-likeness (QED) is 0.821. The van der Waals surface area contributed by atoms with Crippen LogP contribution in [0.5, 0.6) is 0 Å². The van der Waals surface area contributed by atoms with Crippen molar-refractivity contribution in [1.82, 2.24) is 4.90 Å². The van der Waals surface area contributed by atoms with Crippen LogP contribution in [-0.4, -0.2) is 34.5 Å². The Balaban J connectivity index is 2.71. The summed E-state index contributed by atoms with van der Waals surface area (Å²) >= 11 is 0. The van der Waals surface area contributed by atoms with Crippen LogP contribution in [0.15, 0.2) is 30.3 Å². The molecule has 1 rings (SSSR count). The second-order valence-corrected chi connectivity index (χ2v) is 4.59. The molecule has 0 aromatic heterocycles. The molecule has 104 valence electrons. The van der Waals surface area contributed by atoms with Gasteiger partial charge in [-0.3, -0.25) is 4.79 Å². The van der Waals surface area contributed by atoms with Gasteiger partial charge in [0.05, 0.1) is 0 Å². The van der Waals surface area contributed by atoms with Crippen molar-refractivity contribution >= 4 is 11.9 Å². The Morgan fingerprint density at radius 2 is 1.89 bits per heavy atom. The van der Waals surface area contributed by atoms with Gasteiger partial charge >= 0.3 is 5.97 Å². The monoisotopic (exact) mass is 263 g/mol. The first-order chi connectivity index (χ1) is 9.06. The summed E-state index contributed by atoms with van der Waals surface area (Å²) in [6, 6.07) is 8.99. The Labute approximate surface area is 114 Å². The molecule has 0 spiro atoms. The highest BCUT2D eigenvalue weighted by Gasteiger charge is 2.26. The maximum absolute atomic E-state index is 11.6. The lowest BCUT2D eigenvalue weighted by molar-refractivity contribution is -0.149. The van der Waals surface area contributed by atoms with Crippen molar-refractivity contribution < 1.29 is 14.7 Å². The van der Waals surface area contributed by atoms with Crippen LogP contribution in [0.3, 0.4) is 0 Å². The standard InChI is InChI=1S/C15H21NO3/c1-3-11-16(12(2)17)14(15(18)19)10-9-13-7-5-4-6-8-13/h4-8,14H,3,9-11H2,1-2H3,(H,18,19). The van der Waals surface area contributed by atoms with E-state index >= 15 is 0 Å². The predicted octanol–water partition coefficient (Wildman–Crippen LogP) is 2.33. The number of rotatable bonds is 7. The smallest absolute Gasteiger partial charge is 0.326 e. The maximum Gasteiger partial charge on any atom is 0.326 e. The van der Waals surface area contributed by atoms with Crippen molar-refractivity contribution in [3.63, 3.8) is 0 Å². The molecule has 1 aromatic rings. The minimum Gasteiger partial charge on any atom is -0.480 e. The first-order valence-electron chi connectivity index (χ1n) is 6.60. The van der Waals surface area contributed by atoms with Crippen LogP contribution >= 0.6 is 0 Å². The molecular weight excluding hydrogens is 242 g/mol. The molecule has 1 amide bonds. The average Bonchev–Trinajstić information content (AvgIpc) is 2.38. The van der Waals surface area contributed by atoms with Crippen LogP contribution in [0.2, 0.25) is 0 Å². The van der Waals surface area contributed by atoms with Gasteiger partial charge in [-0.05, 0) is 24.8 Å². The number of hydrogen-bond acceptors (Lipinski definition) is 2. The Morgan fingerprint density at radius 3 is 2.37 bits per heavy atom. The molecule has 1 atom stereocenters. The molecule has 0 fully saturated rings. The van der Waals surface area contributed by atoms with E-state index in [1.807, 2.05) is 37.3 Å². The summed E-state index contributed by atoms with van der Waals surface area (Å²) < 4.78 is 0. The second kappa shape index (κ2) is 7.56. The highest BCUT2D eigenvalue weighted by Crippen LogP contribution is 2.11. The molecule has 19 heavy (non-hydrogen) atoms. The van der Waals surface area contributed by atoms with Gasteiger partial charge in [0.15, 0.2) is 0 Å². The minimum atomic E-state index is -0.931. The molecule has 0 radical (unpaired) electrons. The van der Waals surface area contributed by atoms with Gasteiger partial charge in [0.2, 0.25) is 5.91 Å². The van der Waals surface area contributed by atoms with Gasteiger partial charge in [-0.15, -0.1) is 0 Å². The van der Waals surface area contributed by atoms with Gasteiger partial charge in [0.25, 0.3) is 0 Å². The van der Waals surface area contributed by atoms with Gasteiger partial charge in [-0.2, -0.15) is 0 Å².